The summed E-state index contributed by atoms with van der Waals surface area (Å²) in [4.78, 5) is 23.5. The predicted molar refractivity (Wildman–Crippen MR) is 108 cm³/mol. The molecule has 0 bridgehead atoms. The van der Waals surface area contributed by atoms with E-state index in [4.69, 9.17) is 16.0 Å². The van der Waals surface area contributed by atoms with Crippen LogP contribution in [0.2, 0.25) is 5.02 Å². The number of nitrogens with zero attached hydrogens (tertiary/aromatic N) is 3. The van der Waals surface area contributed by atoms with Crippen molar-refractivity contribution in [3.05, 3.63) is 82.3 Å². The third-order valence-electron chi connectivity index (χ3n) is 5.03. The second kappa shape index (κ2) is 8.15. The van der Waals surface area contributed by atoms with E-state index in [2.05, 4.69) is 9.97 Å². The van der Waals surface area contributed by atoms with Crippen LogP contribution < -0.4 is 0 Å². The number of carbonyl (C=O) groups is 1. The van der Waals surface area contributed by atoms with Gasteiger partial charge in [0.1, 0.15) is 11.5 Å². The zero-order valence-electron chi connectivity index (χ0n) is 15.8. The molecule has 0 aliphatic carbocycles. The molecule has 3 aromatic rings. The number of hydrogen-bond donors (Lipinski definition) is 0. The number of benzene rings is 1. The second-order valence-electron chi connectivity index (χ2n) is 7.22. The van der Waals surface area contributed by atoms with E-state index in [0.29, 0.717) is 24.6 Å². The van der Waals surface area contributed by atoms with Crippen molar-refractivity contribution in [2.75, 3.05) is 13.1 Å². The van der Waals surface area contributed by atoms with E-state index in [-0.39, 0.29) is 11.8 Å². The Balaban J connectivity index is 1.44. The summed E-state index contributed by atoms with van der Waals surface area (Å²) in [5.41, 5.74) is 2.47. The van der Waals surface area contributed by atoms with E-state index in [1.165, 1.54) is 0 Å². The molecule has 4 rings (SSSR count). The normalized spacial score (nSPS) is 16.9. The number of hydrogen-bond acceptors (Lipinski definition) is 4. The lowest BCUT2D eigenvalue weighted by molar-refractivity contribution is 0.0691. The van der Waals surface area contributed by atoms with Gasteiger partial charge < -0.3 is 9.32 Å². The molecule has 1 saturated heterocycles. The van der Waals surface area contributed by atoms with E-state index in [0.717, 1.165) is 41.4 Å². The van der Waals surface area contributed by atoms with Crippen molar-refractivity contribution in [1.82, 2.24) is 14.9 Å². The molecule has 1 amide bonds. The van der Waals surface area contributed by atoms with E-state index < -0.39 is 0 Å². The fourth-order valence-electron chi connectivity index (χ4n) is 3.58. The van der Waals surface area contributed by atoms with Crippen LogP contribution in [0.1, 0.15) is 52.2 Å². The molecule has 0 unspecified atom stereocenters. The second-order valence-corrected chi connectivity index (χ2v) is 7.66. The Labute approximate surface area is 169 Å². The SMILES string of the molecule is Cc1cccc(C(=O)N2CCC[C@H](c3ncc(Cc4ccc(Cl)cc4)o3)C2)n1. The minimum Gasteiger partial charge on any atom is -0.445 e. The minimum absolute atomic E-state index is 0.0265. The molecule has 1 fully saturated rings. The molecule has 3 heterocycles. The first-order chi connectivity index (χ1) is 13.6. The van der Waals surface area contributed by atoms with Crippen molar-refractivity contribution in [1.29, 1.82) is 0 Å². The Hall–Kier alpha value is -2.66. The van der Waals surface area contributed by atoms with Crippen molar-refractivity contribution in [2.45, 2.75) is 32.1 Å². The largest absolute Gasteiger partial charge is 0.445 e. The topological polar surface area (TPSA) is 59.2 Å². The quantitative estimate of drug-likeness (QED) is 0.645. The maximum absolute atomic E-state index is 12.8. The summed E-state index contributed by atoms with van der Waals surface area (Å²) in [5.74, 6) is 1.61. The molecule has 1 aliphatic heterocycles. The monoisotopic (exact) mass is 395 g/mol. The van der Waals surface area contributed by atoms with Crippen molar-refractivity contribution in [2.24, 2.45) is 0 Å². The molecule has 0 radical (unpaired) electrons. The van der Waals surface area contributed by atoms with Crippen molar-refractivity contribution in [3.63, 3.8) is 0 Å². The van der Waals surface area contributed by atoms with Gasteiger partial charge in [-0.1, -0.05) is 29.8 Å². The number of halogens is 1. The predicted octanol–water partition coefficient (Wildman–Crippen LogP) is 4.64. The fourth-order valence-corrected chi connectivity index (χ4v) is 3.71. The summed E-state index contributed by atoms with van der Waals surface area (Å²) in [6.45, 7) is 3.24. The molecule has 0 saturated carbocycles. The van der Waals surface area contributed by atoms with Crippen LogP contribution in [-0.2, 0) is 6.42 Å². The molecule has 144 valence electrons. The lowest BCUT2D eigenvalue weighted by Gasteiger charge is -2.31. The number of rotatable bonds is 4. The molecule has 0 spiro atoms. The Bertz CT molecular complexity index is 968. The number of carbonyl (C=O) groups excluding carboxylic acids is 1. The summed E-state index contributed by atoms with van der Waals surface area (Å²) in [6, 6.07) is 13.3. The number of oxazole rings is 1. The zero-order valence-corrected chi connectivity index (χ0v) is 16.5. The highest BCUT2D eigenvalue weighted by Gasteiger charge is 2.29. The van der Waals surface area contributed by atoms with Crippen molar-refractivity contribution >= 4 is 17.5 Å². The average Bonchev–Trinajstić information content (AvgIpc) is 3.18. The molecule has 28 heavy (non-hydrogen) atoms. The first kappa shape index (κ1) is 18.7. The molecular formula is C22H22ClN3O2. The lowest BCUT2D eigenvalue weighted by atomic mass is 9.97. The maximum Gasteiger partial charge on any atom is 0.272 e. The van der Waals surface area contributed by atoms with Crippen molar-refractivity contribution in [3.8, 4) is 0 Å². The van der Waals surface area contributed by atoms with Crippen LogP contribution in [-0.4, -0.2) is 33.9 Å². The van der Waals surface area contributed by atoms with E-state index in [1.54, 1.807) is 12.3 Å². The smallest absolute Gasteiger partial charge is 0.272 e. The fraction of sp³-hybridized carbons (Fsp3) is 0.318. The molecule has 6 heteroatoms. The molecule has 1 aromatic carbocycles. The van der Waals surface area contributed by atoms with Gasteiger partial charge in [-0.3, -0.25) is 4.79 Å². The third kappa shape index (κ3) is 4.25. The highest BCUT2D eigenvalue weighted by Crippen LogP contribution is 2.28. The van der Waals surface area contributed by atoms with Gasteiger partial charge in [0.05, 0.1) is 12.1 Å². The van der Waals surface area contributed by atoms with Crippen molar-refractivity contribution < 1.29 is 9.21 Å². The Morgan fingerprint density at radius 2 is 2.07 bits per heavy atom. The molecule has 0 N–H and O–H groups in total. The third-order valence-corrected chi connectivity index (χ3v) is 5.28. The van der Waals surface area contributed by atoms with E-state index >= 15 is 0 Å². The Morgan fingerprint density at radius 3 is 2.86 bits per heavy atom. The van der Waals surface area contributed by atoms with Gasteiger partial charge in [0, 0.05) is 30.2 Å². The lowest BCUT2D eigenvalue weighted by Crippen LogP contribution is -2.39. The first-order valence-electron chi connectivity index (χ1n) is 9.50. The Morgan fingerprint density at radius 1 is 1.25 bits per heavy atom. The summed E-state index contributed by atoms with van der Waals surface area (Å²) in [7, 11) is 0. The van der Waals surface area contributed by atoms with Gasteiger partial charge in [0.2, 0.25) is 0 Å². The Kier molecular flexibility index (Phi) is 5.44. The zero-order chi connectivity index (χ0) is 19.5. The van der Waals surface area contributed by atoms with Crippen LogP contribution in [0.4, 0.5) is 0 Å². The van der Waals surface area contributed by atoms with Gasteiger partial charge in [-0.15, -0.1) is 0 Å². The van der Waals surface area contributed by atoms with Crippen LogP contribution in [0.3, 0.4) is 0 Å². The maximum atomic E-state index is 12.8. The summed E-state index contributed by atoms with van der Waals surface area (Å²) in [5, 5.41) is 0.720. The van der Waals surface area contributed by atoms with Crippen LogP contribution >= 0.6 is 11.6 Å². The van der Waals surface area contributed by atoms with E-state index in [9.17, 15) is 4.79 Å². The van der Waals surface area contributed by atoms with Crippen LogP contribution in [0, 0.1) is 6.92 Å². The molecular weight excluding hydrogens is 374 g/mol. The van der Waals surface area contributed by atoms with Gasteiger partial charge in [0.15, 0.2) is 5.89 Å². The molecule has 1 atom stereocenters. The average molecular weight is 396 g/mol. The molecule has 5 nitrogen and oxygen atoms in total. The summed E-state index contributed by atoms with van der Waals surface area (Å²) < 4.78 is 6.01. The summed E-state index contributed by atoms with van der Waals surface area (Å²) in [6.07, 6.45) is 4.35. The van der Waals surface area contributed by atoms with Crippen LogP contribution in [0.5, 0.6) is 0 Å². The summed E-state index contributed by atoms with van der Waals surface area (Å²) >= 11 is 5.94. The number of aromatic nitrogens is 2. The molecule has 1 aliphatic rings. The highest BCUT2D eigenvalue weighted by molar-refractivity contribution is 6.30. The first-order valence-corrected chi connectivity index (χ1v) is 9.88. The highest BCUT2D eigenvalue weighted by atomic mass is 35.5. The van der Waals surface area contributed by atoms with E-state index in [1.807, 2.05) is 48.2 Å². The standard InChI is InChI=1S/C22H22ClN3O2/c1-15-4-2-6-20(25-15)22(27)26-11-3-5-17(14-26)21-24-13-19(28-21)12-16-7-9-18(23)10-8-16/h2,4,6-10,13,17H,3,5,11-12,14H2,1H3/t17-/m0/s1. The number of likely N-dealkylation sites (tertiary alicyclic amines) is 1. The van der Waals surface area contributed by atoms with Crippen LogP contribution in [0.15, 0.2) is 53.1 Å². The van der Waals surface area contributed by atoms with Gasteiger partial charge in [-0.05, 0) is 49.6 Å². The van der Waals surface area contributed by atoms with Crippen LogP contribution in [0.25, 0.3) is 0 Å². The number of aryl methyl sites for hydroxylation is 1. The van der Waals surface area contributed by atoms with Gasteiger partial charge in [-0.2, -0.15) is 0 Å². The van der Waals surface area contributed by atoms with Gasteiger partial charge in [0.25, 0.3) is 5.91 Å². The van der Waals surface area contributed by atoms with Gasteiger partial charge in [-0.25, -0.2) is 9.97 Å². The molecule has 2 aromatic heterocycles. The number of pyridine rings is 1. The number of amides is 1. The minimum atomic E-state index is -0.0265. The number of piperidine rings is 1. The van der Waals surface area contributed by atoms with Gasteiger partial charge >= 0.3 is 0 Å².